The van der Waals surface area contributed by atoms with Crippen molar-refractivity contribution in [2.24, 2.45) is 0 Å². The number of aryl methyl sites for hydroxylation is 1. The highest BCUT2D eigenvalue weighted by molar-refractivity contribution is 7.99. The largest absolute Gasteiger partial charge is 0.496 e. The van der Waals surface area contributed by atoms with E-state index < -0.39 is 32.8 Å². The first-order valence-corrected chi connectivity index (χ1v) is 46.9. The number of hydrogen-bond donors (Lipinski definition) is 3. The summed E-state index contributed by atoms with van der Waals surface area (Å²) in [6.07, 6.45) is 11.9. The number of thiophene rings is 3. The zero-order chi connectivity index (χ0) is 89.4. The zero-order valence-electron chi connectivity index (χ0n) is 71.0. The summed E-state index contributed by atoms with van der Waals surface area (Å²) in [5.41, 5.74) is 10.2. The van der Waals surface area contributed by atoms with Gasteiger partial charge in [-0.15, -0.1) is 34.0 Å². The monoisotopic (exact) mass is 1830 g/mol. The van der Waals surface area contributed by atoms with Gasteiger partial charge in [-0.05, 0) is 263 Å². The summed E-state index contributed by atoms with van der Waals surface area (Å²) >= 11 is 22.8. The third-order valence-corrected chi connectivity index (χ3v) is 30.5. The van der Waals surface area contributed by atoms with Crippen LogP contribution in [0.3, 0.4) is 0 Å². The van der Waals surface area contributed by atoms with Crippen LogP contribution in [0.1, 0.15) is 141 Å². The van der Waals surface area contributed by atoms with Crippen molar-refractivity contribution in [1.29, 1.82) is 5.26 Å². The molecule has 3 N–H and O–H groups in total. The summed E-state index contributed by atoms with van der Waals surface area (Å²) in [5.74, 6) is 1.77. The molecule has 654 valence electrons. The second kappa shape index (κ2) is 40.8. The van der Waals surface area contributed by atoms with Crippen molar-refractivity contribution in [3.8, 4) is 56.7 Å². The van der Waals surface area contributed by atoms with Crippen molar-refractivity contribution in [3.05, 3.63) is 250 Å². The fourth-order valence-electron chi connectivity index (χ4n) is 17.0. The molecule has 0 aliphatic heterocycles. The van der Waals surface area contributed by atoms with Crippen LogP contribution in [0, 0.1) is 47.3 Å². The lowest BCUT2D eigenvalue weighted by molar-refractivity contribution is -0.116. The van der Waals surface area contributed by atoms with Crippen molar-refractivity contribution < 1.29 is 59.5 Å². The number of ether oxygens (including phenoxy) is 3. The van der Waals surface area contributed by atoms with E-state index in [2.05, 4.69) is 27.9 Å². The second-order valence-corrected chi connectivity index (χ2v) is 38.6. The molecule has 3 fully saturated rings. The Morgan fingerprint density at radius 2 is 0.784 bits per heavy atom. The zero-order valence-corrected chi connectivity index (χ0v) is 76.6. The first-order valence-electron chi connectivity index (χ1n) is 41.2. The van der Waals surface area contributed by atoms with Crippen LogP contribution in [-0.4, -0.2) is 140 Å². The molecular weight excluding hydrogens is 1730 g/mol. The van der Waals surface area contributed by atoms with Crippen LogP contribution in [-0.2, 0) is 34.0 Å². The molecule has 9 aromatic carbocycles. The lowest BCUT2D eigenvalue weighted by Crippen LogP contribution is -2.44. The number of amides is 4. The molecule has 3 aromatic heterocycles. The molecule has 3 heterocycles. The van der Waals surface area contributed by atoms with E-state index in [0.717, 1.165) is 197 Å². The lowest BCUT2D eigenvalue weighted by atomic mass is 9.89. The van der Waals surface area contributed by atoms with Gasteiger partial charge in [-0.1, -0.05) is 95.5 Å². The minimum absolute atomic E-state index is 0.000369. The fraction of sp³-hybridized carbons (Fsp3) is 0.320. The molecule has 4 amide bonds. The number of carbonyl (C=O) groups excluding carboxylic acids is 4. The lowest BCUT2D eigenvalue weighted by Gasteiger charge is -2.37. The number of benzene rings is 9. The van der Waals surface area contributed by atoms with E-state index in [1.54, 1.807) is 61.5 Å². The Morgan fingerprint density at radius 3 is 1.11 bits per heavy atom. The fourth-order valence-corrected chi connectivity index (χ4v) is 22.3. The normalized spacial score (nSPS) is 17.4. The van der Waals surface area contributed by atoms with Gasteiger partial charge in [0.2, 0.25) is 5.91 Å². The number of nitrogens with zero attached hydrogens (tertiary/aromatic N) is 5. The van der Waals surface area contributed by atoms with Gasteiger partial charge in [0.25, 0.3) is 17.7 Å². The van der Waals surface area contributed by atoms with E-state index in [9.17, 15) is 50.6 Å². The Bertz CT molecular complexity index is 6160. The van der Waals surface area contributed by atoms with Crippen LogP contribution in [0.25, 0.3) is 63.6 Å². The standard InChI is InChI=1S/C33H34ClF2N3O3S.C32H33ClF2N2O3S2.C32H31ClFN3O2S/c1-19(40)38(3)24-10-5-20(6-11-24)21-7-16-28(42-4)22(17-21)18-39(25-12-8-23(37-2)9-13-25)33(41)32-30(34)29-26(35)14-15-27(36)31(29)43-32;1-36-22-8-10-23(11-9-22)37(32(38)31-29(33)28-25(34)14-15-26(35)30(28)41-31)18-21-17-20(7-16-27(21)40-2)19-5-12-24(13-6-19)42(3,4)39;1-19-7-13-26(34)30-28(19)29(33)31(40-30)32(38)37(25-11-9-24(36-2)10-12-25)18-23-16-22(8-14-27(23)39-3)21-6-4-5-20(15-21)17-35/h5-7,10-11,14-17,23,25,37H,8-9,12-13,18H2,1-4H3;5-7,12-17,22-23,36H,3,8-11,18H2,1-2,4H3;4-8,13-16,24-25,36H,9-12,18H2,1-3H3. The number of nitriles is 1. The van der Waals surface area contributed by atoms with Crippen LogP contribution < -0.4 is 35.1 Å². The van der Waals surface area contributed by atoms with Crippen LogP contribution >= 0.6 is 68.8 Å². The van der Waals surface area contributed by atoms with Gasteiger partial charge in [0, 0.05) is 109 Å². The van der Waals surface area contributed by atoms with E-state index in [4.69, 9.17) is 49.0 Å². The Balaban J connectivity index is 0.000000161. The third kappa shape index (κ3) is 20.5. The maximum Gasteiger partial charge on any atom is 0.266 e. The molecule has 16 nitrogen and oxygen atoms in total. The molecule has 125 heavy (non-hydrogen) atoms. The van der Waals surface area contributed by atoms with Crippen LogP contribution in [0.2, 0.25) is 15.1 Å². The average Bonchev–Trinajstić information content (AvgIpc) is 1.63. The second-order valence-electron chi connectivity index (χ2n) is 31.9. The van der Waals surface area contributed by atoms with Gasteiger partial charge < -0.3 is 49.8 Å². The summed E-state index contributed by atoms with van der Waals surface area (Å²) in [5, 5.41) is 20.0. The van der Waals surface area contributed by atoms with Crippen molar-refractivity contribution >= 4 is 144 Å². The quantitative estimate of drug-likeness (QED) is 0.0407. The Labute approximate surface area is 753 Å². The minimum atomic E-state index is -2.34. The number of rotatable bonds is 23. The first kappa shape index (κ1) is 92.7. The first-order chi connectivity index (χ1) is 60.0. The molecule has 28 heteroatoms. The van der Waals surface area contributed by atoms with Crippen molar-refractivity contribution in [1.82, 2.24) is 30.7 Å². The van der Waals surface area contributed by atoms with E-state index in [-0.39, 0.29) is 101 Å². The maximum atomic E-state index is 14.7. The summed E-state index contributed by atoms with van der Waals surface area (Å²) in [6.45, 7) is 4.16. The molecule has 1 unspecified atom stereocenters. The van der Waals surface area contributed by atoms with E-state index in [0.29, 0.717) is 72.4 Å². The molecule has 1 atom stereocenters. The molecule has 0 saturated heterocycles. The average molecular weight is 1830 g/mol. The predicted octanol–water partition coefficient (Wildman–Crippen LogP) is 22.8. The number of nitrogens with one attached hydrogen (secondary N) is 3. The van der Waals surface area contributed by atoms with Gasteiger partial charge in [0.1, 0.15) is 61.0 Å². The Morgan fingerprint density at radius 1 is 0.464 bits per heavy atom. The van der Waals surface area contributed by atoms with Crippen molar-refractivity contribution in [3.63, 3.8) is 0 Å². The van der Waals surface area contributed by atoms with Gasteiger partial charge in [-0.25, -0.2) is 22.0 Å². The number of methoxy groups -OCH3 is 3. The van der Waals surface area contributed by atoms with Gasteiger partial charge in [0.15, 0.2) is 0 Å². The third-order valence-electron chi connectivity index (χ3n) is 24.2. The summed E-state index contributed by atoms with van der Waals surface area (Å²) in [6, 6.07) is 50.4. The van der Waals surface area contributed by atoms with Gasteiger partial charge in [-0.2, -0.15) is 5.26 Å². The molecule has 15 rings (SSSR count). The van der Waals surface area contributed by atoms with Crippen LogP contribution in [0.15, 0.2) is 169 Å². The molecule has 0 spiro atoms. The van der Waals surface area contributed by atoms with Crippen molar-refractivity contribution in [2.45, 2.75) is 152 Å². The highest BCUT2D eigenvalue weighted by Gasteiger charge is 2.38. The van der Waals surface area contributed by atoms with Crippen molar-refractivity contribution in [2.75, 3.05) is 60.7 Å². The van der Waals surface area contributed by atoms with Gasteiger partial charge in [0.05, 0.1) is 72.9 Å². The minimum Gasteiger partial charge on any atom is -0.496 e. The SMILES string of the molecule is C=S(C)(=O)c1ccc(-c2ccc(OC)c(CN(C(=O)c3sc4c(F)ccc(F)c4c3Cl)C3CCC(NC)CC3)c2)cc1.CNC1CCC(N(Cc2cc(-c3ccc(N(C)C(C)=O)cc3)ccc2OC)C(=O)c2sc3c(F)ccc(F)c3c2Cl)CC1.CNC1CCC(N(Cc2cc(-c3cccc(C#N)c3)ccc2OC)C(=O)c2sc3c(F)ccc(C)c3c2Cl)CC1. The van der Waals surface area contributed by atoms with Gasteiger partial charge >= 0.3 is 0 Å². The molecular formula is C97H98Cl3F5N8O8S4. The molecule has 3 aliphatic rings. The number of hydrogen-bond acceptors (Lipinski definition) is 15. The van der Waals surface area contributed by atoms with E-state index in [1.165, 1.54) is 13.0 Å². The number of carbonyl (C=O) groups is 4. The Hall–Kier alpha value is -9.95. The number of anilines is 1. The highest BCUT2D eigenvalue weighted by Crippen LogP contribution is 2.46. The molecule has 3 aliphatic carbocycles. The summed E-state index contributed by atoms with van der Waals surface area (Å²) in [7, 11) is 10.0. The number of halogens is 8. The van der Waals surface area contributed by atoms with Crippen LogP contribution in [0.5, 0.6) is 17.2 Å². The molecule has 12 aromatic rings. The summed E-state index contributed by atoms with van der Waals surface area (Å²) < 4.78 is 103. The highest BCUT2D eigenvalue weighted by atomic mass is 35.5. The topological polar surface area (TPSA) is 186 Å². The van der Waals surface area contributed by atoms with Gasteiger partial charge in [-0.3, -0.25) is 23.4 Å². The molecule has 0 radical (unpaired) electrons. The molecule has 3 saturated carbocycles. The van der Waals surface area contributed by atoms with E-state index >= 15 is 0 Å². The number of fused-ring (bicyclic) bond motifs is 3. The predicted molar refractivity (Wildman–Crippen MR) is 499 cm³/mol. The maximum absolute atomic E-state index is 14.7. The van der Waals surface area contributed by atoms with Crippen LogP contribution in [0.4, 0.5) is 27.6 Å². The Kier molecular flexibility index (Phi) is 30.2. The molecule has 0 bridgehead atoms. The summed E-state index contributed by atoms with van der Waals surface area (Å²) in [4.78, 5) is 62.8. The van der Waals surface area contributed by atoms with E-state index in [1.807, 2.05) is 154 Å². The smallest absolute Gasteiger partial charge is 0.266 e.